The molecule has 1 heterocycles. The molecule has 2 rings (SSSR count). The fourth-order valence-electron chi connectivity index (χ4n) is 2.09. The largest absolute Gasteiger partial charge is 0.392 e. The van der Waals surface area contributed by atoms with E-state index in [1.807, 2.05) is 0 Å². The molecule has 0 aliphatic carbocycles. The Balaban J connectivity index is 1.81. The quantitative estimate of drug-likeness (QED) is 0.857. The molecule has 1 aromatic heterocycles. The van der Waals surface area contributed by atoms with Crippen molar-refractivity contribution in [1.82, 2.24) is 4.98 Å². The number of aliphatic hydroxyl groups excluding tert-OH is 1. The second-order valence-corrected chi connectivity index (χ2v) is 5.08. The number of hydrogen-bond donors (Lipinski definition) is 2. The van der Waals surface area contributed by atoms with Gasteiger partial charge in [0.15, 0.2) is 0 Å². The lowest BCUT2D eigenvalue weighted by atomic mass is 10.1. The molecule has 0 spiro atoms. The lowest BCUT2D eigenvalue weighted by Crippen LogP contribution is -2.13. The molecular formula is C17H20N2O2. The van der Waals surface area contributed by atoms with Crippen molar-refractivity contribution < 1.29 is 9.90 Å². The number of aryl methyl sites for hydroxylation is 2. The number of carbonyl (C=O) groups excluding carboxylic acids is 1. The second-order valence-electron chi connectivity index (χ2n) is 5.08. The van der Waals surface area contributed by atoms with Gasteiger partial charge in [-0.15, -0.1) is 0 Å². The van der Waals surface area contributed by atoms with Crippen LogP contribution in [0.1, 0.15) is 29.5 Å². The first-order valence-electron chi connectivity index (χ1n) is 7.08. The molecule has 0 aliphatic rings. The van der Waals surface area contributed by atoms with Crippen molar-refractivity contribution in [3.8, 4) is 0 Å². The Morgan fingerprint density at radius 3 is 2.71 bits per heavy atom. The Kier molecular flexibility index (Phi) is 5.46. The van der Waals surface area contributed by atoms with Crippen molar-refractivity contribution in [2.24, 2.45) is 0 Å². The zero-order chi connectivity index (χ0) is 15.1. The number of aliphatic hydroxyl groups is 1. The molecule has 0 saturated carbocycles. The van der Waals surface area contributed by atoms with Crippen molar-refractivity contribution in [3.05, 3.63) is 59.4 Å². The summed E-state index contributed by atoms with van der Waals surface area (Å²) in [6, 6.07) is 10.1. The van der Waals surface area contributed by atoms with Gasteiger partial charge in [-0.05, 0) is 31.4 Å². The molecule has 1 amide bonds. The van der Waals surface area contributed by atoms with Gasteiger partial charge in [0.05, 0.1) is 18.5 Å². The highest BCUT2D eigenvalue weighted by molar-refractivity contribution is 5.91. The fraction of sp³-hybridized carbons (Fsp3) is 0.294. The Labute approximate surface area is 124 Å². The number of aromatic nitrogens is 1. The highest BCUT2D eigenvalue weighted by Crippen LogP contribution is 2.14. The minimum Gasteiger partial charge on any atom is -0.392 e. The highest BCUT2D eigenvalue weighted by atomic mass is 16.3. The topological polar surface area (TPSA) is 62.2 Å². The molecule has 0 bridgehead atoms. The molecule has 2 aromatic rings. The number of hydrogen-bond acceptors (Lipinski definition) is 3. The minimum atomic E-state index is -0.110. The molecule has 0 radical (unpaired) electrons. The van der Waals surface area contributed by atoms with Crippen LogP contribution < -0.4 is 5.32 Å². The van der Waals surface area contributed by atoms with Crippen molar-refractivity contribution in [2.45, 2.75) is 32.8 Å². The van der Waals surface area contributed by atoms with E-state index in [2.05, 4.69) is 41.5 Å². The summed E-state index contributed by atoms with van der Waals surface area (Å²) in [4.78, 5) is 15.9. The predicted molar refractivity (Wildman–Crippen MR) is 82.9 cm³/mol. The van der Waals surface area contributed by atoms with Gasteiger partial charge in [0.2, 0.25) is 5.91 Å². The standard InChI is InChI=1S/C17H20N2O2/c1-13-5-7-14(8-6-13)3-2-4-17(21)19-16-11-18-10-9-15(16)12-20/h5-11,20H,2-4,12H2,1H3,(H,19,21). The lowest BCUT2D eigenvalue weighted by Gasteiger charge is -2.08. The molecule has 4 heteroatoms. The normalized spacial score (nSPS) is 10.4. The summed E-state index contributed by atoms with van der Waals surface area (Å²) in [6.07, 6.45) is 5.28. The van der Waals surface area contributed by atoms with Gasteiger partial charge < -0.3 is 10.4 Å². The van der Waals surface area contributed by atoms with Crippen LogP contribution in [0.3, 0.4) is 0 Å². The van der Waals surface area contributed by atoms with Crippen LogP contribution in [-0.4, -0.2) is 16.0 Å². The van der Waals surface area contributed by atoms with E-state index in [0.717, 1.165) is 12.8 Å². The van der Waals surface area contributed by atoms with Crippen LogP contribution >= 0.6 is 0 Å². The number of rotatable bonds is 6. The summed E-state index contributed by atoms with van der Waals surface area (Å²) < 4.78 is 0. The van der Waals surface area contributed by atoms with E-state index < -0.39 is 0 Å². The van der Waals surface area contributed by atoms with Crippen LogP contribution in [0, 0.1) is 6.92 Å². The van der Waals surface area contributed by atoms with Gasteiger partial charge >= 0.3 is 0 Å². The summed E-state index contributed by atoms with van der Waals surface area (Å²) in [5.74, 6) is -0.0511. The van der Waals surface area contributed by atoms with Crippen LogP contribution in [0.15, 0.2) is 42.7 Å². The predicted octanol–water partition coefficient (Wildman–Crippen LogP) is 2.84. The van der Waals surface area contributed by atoms with Crippen molar-refractivity contribution in [3.63, 3.8) is 0 Å². The Morgan fingerprint density at radius 1 is 1.24 bits per heavy atom. The number of amides is 1. The Morgan fingerprint density at radius 2 is 2.00 bits per heavy atom. The molecule has 4 nitrogen and oxygen atoms in total. The lowest BCUT2D eigenvalue weighted by molar-refractivity contribution is -0.116. The first kappa shape index (κ1) is 15.2. The fourth-order valence-corrected chi connectivity index (χ4v) is 2.09. The monoisotopic (exact) mass is 284 g/mol. The van der Waals surface area contributed by atoms with Gasteiger partial charge in [-0.1, -0.05) is 29.8 Å². The van der Waals surface area contributed by atoms with Crippen LogP contribution in [0.4, 0.5) is 5.69 Å². The Bertz CT molecular complexity index is 594. The van der Waals surface area contributed by atoms with E-state index in [-0.39, 0.29) is 12.5 Å². The summed E-state index contributed by atoms with van der Waals surface area (Å²) in [5, 5.41) is 12.0. The first-order chi connectivity index (χ1) is 10.2. The van der Waals surface area contributed by atoms with Crippen molar-refractivity contribution >= 4 is 11.6 Å². The summed E-state index contributed by atoms with van der Waals surface area (Å²) in [5.41, 5.74) is 3.74. The number of nitrogens with zero attached hydrogens (tertiary/aromatic N) is 1. The third-order valence-electron chi connectivity index (χ3n) is 3.35. The van der Waals surface area contributed by atoms with E-state index in [4.69, 9.17) is 0 Å². The van der Waals surface area contributed by atoms with Crippen LogP contribution in [0.25, 0.3) is 0 Å². The molecule has 0 atom stereocenters. The maximum atomic E-state index is 11.9. The first-order valence-corrected chi connectivity index (χ1v) is 7.08. The van der Waals surface area contributed by atoms with Gasteiger partial charge in [-0.3, -0.25) is 9.78 Å². The van der Waals surface area contributed by atoms with Crippen molar-refractivity contribution in [1.29, 1.82) is 0 Å². The van der Waals surface area contributed by atoms with Gasteiger partial charge in [-0.25, -0.2) is 0 Å². The molecule has 2 N–H and O–H groups in total. The molecule has 0 saturated heterocycles. The molecule has 0 fully saturated rings. The van der Waals surface area contributed by atoms with Crippen LogP contribution in [-0.2, 0) is 17.8 Å². The maximum Gasteiger partial charge on any atom is 0.224 e. The van der Waals surface area contributed by atoms with E-state index in [1.165, 1.54) is 11.1 Å². The number of nitrogens with one attached hydrogen (secondary N) is 1. The zero-order valence-corrected chi connectivity index (χ0v) is 12.2. The van der Waals surface area contributed by atoms with Gasteiger partial charge in [0.1, 0.15) is 0 Å². The molecular weight excluding hydrogens is 264 g/mol. The van der Waals surface area contributed by atoms with E-state index in [1.54, 1.807) is 18.5 Å². The third-order valence-corrected chi connectivity index (χ3v) is 3.35. The van der Waals surface area contributed by atoms with Crippen molar-refractivity contribution in [2.75, 3.05) is 5.32 Å². The smallest absolute Gasteiger partial charge is 0.224 e. The zero-order valence-electron chi connectivity index (χ0n) is 12.2. The van der Waals surface area contributed by atoms with Gasteiger partial charge in [-0.2, -0.15) is 0 Å². The number of pyridine rings is 1. The molecule has 0 unspecified atom stereocenters. The van der Waals surface area contributed by atoms with Gasteiger partial charge in [0, 0.05) is 18.2 Å². The van der Waals surface area contributed by atoms with E-state index in [0.29, 0.717) is 17.7 Å². The van der Waals surface area contributed by atoms with Crippen LogP contribution in [0.2, 0.25) is 0 Å². The molecule has 0 aliphatic heterocycles. The summed E-state index contributed by atoms with van der Waals surface area (Å²) in [6.45, 7) is 1.95. The summed E-state index contributed by atoms with van der Waals surface area (Å²) in [7, 11) is 0. The summed E-state index contributed by atoms with van der Waals surface area (Å²) >= 11 is 0. The average Bonchev–Trinajstić information content (AvgIpc) is 2.50. The third kappa shape index (κ3) is 4.68. The highest BCUT2D eigenvalue weighted by Gasteiger charge is 2.06. The average molecular weight is 284 g/mol. The number of carbonyl (C=O) groups is 1. The van der Waals surface area contributed by atoms with Crippen LogP contribution in [0.5, 0.6) is 0 Å². The van der Waals surface area contributed by atoms with Gasteiger partial charge in [0.25, 0.3) is 0 Å². The minimum absolute atomic E-state index is 0.0511. The molecule has 1 aromatic carbocycles. The SMILES string of the molecule is Cc1ccc(CCCC(=O)Nc2cnccc2CO)cc1. The Hall–Kier alpha value is -2.20. The number of anilines is 1. The second kappa shape index (κ2) is 7.55. The van der Waals surface area contributed by atoms with E-state index >= 15 is 0 Å². The van der Waals surface area contributed by atoms with E-state index in [9.17, 15) is 9.90 Å². The molecule has 21 heavy (non-hydrogen) atoms. The molecule has 110 valence electrons. The maximum absolute atomic E-state index is 11.9. The number of benzene rings is 1.